The van der Waals surface area contributed by atoms with Gasteiger partial charge in [0.2, 0.25) is 5.91 Å². The molecule has 2 aliphatic rings. The van der Waals surface area contributed by atoms with Crippen LogP contribution in [0.15, 0.2) is 47.3 Å². The van der Waals surface area contributed by atoms with Crippen molar-refractivity contribution in [3.8, 4) is 5.75 Å². The van der Waals surface area contributed by atoms with Crippen LogP contribution in [0.5, 0.6) is 5.75 Å². The predicted octanol–water partition coefficient (Wildman–Crippen LogP) is 3.71. The van der Waals surface area contributed by atoms with Gasteiger partial charge in [-0.15, -0.1) is 0 Å². The highest BCUT2D eigenvalue weighted by atomic mass is 16.5. The Morgan fingerprint density at radius 2 is 2.15 bits per heavy atom. The minimum Gasteiger partial charge on any atom is -0.493 e. The summed E-state index contributed by atoms with van der Waals surface area (Å²) in [6, 6.07) is 7.23. The number of rotatable bonds is 3. The zero-order chi connectivity index (χ0) is 18.6. The third-order valence-corrected chi connectivity index (χ3v) is 5.04. The summed E-state index contributed by atoms with van der Waals surface area (Å²) in [6.45, 7) is 1.38. The van der Waals surface area contributed by atoms with Crippen molar-refractivity contribution in [1.82, 2.24) is 4.90 Å². The van der Waals surface area contributed by atoms with Gasteiger partial charge >= 0.3 is 0 Å². The van der Waals surface area contributed by atoms with Gasteiger partial charge in [0, 0.05) is 36.3 Å². The molecule has 0 aliphatic carbocycles. The SMILES string of the molecule is O=C(/C=C/c1ccoc1)Nc1ccc2c(c1)C(=O)N1CCCCC1CCO2. The van der Waals surface area contributed by atoms with Gasteiger partial charge in [0.15, 0.2) is 0 Å². The lowest BCUT2D eigenvalue weighted by molar-refractivity contribution is -0.111. The fourth-order valence-corrected chi connectivity index (χ4v) is 3.65. The minimum absolute atomic E-state index is 0.0144. The molecule has 3 heterocycles. The van der Waals surface area contributed by atoms with Crippen LogP contribution in [0, 0.1) is 0 Å². The van der Waals surface area contributed by atoms with Crippen LogP contribution in [0.4, 0.5) is 5.69 Å². The molecule has 1 fully saturated rings. The fraction of sp³-hybridized carbons (Fsp3) is 0.333. The Morgan fingerprint density at radius 3 is 3.00 bits per heavy atom. The van der Waals surface area contributed by atoms with Crippen LogP contribution in [0.2, 0.25) is 0 Å². The number of anilines is 1. The fourth-order valence-electron chi connectivity index (χ4n) is 3.65. The number of benzene rings is 1. The van der Waals surface area contributed by atoms with Crippen LogP contribution in [0.1, 0.15) is 41.6 Å². The average Bonchev–Trinajstić information content (AvgIpc) is 3.20. The number of carbonyl (C=O) groups is 2. The van der Waals surface area contributed by atoms with Crippen molar-refractivity contribution in [1.29, 1.82) is 0 Å². The Hall–Kier alpha value is -3.02. The van der Waals surface area contributed by atoms with Crippen LogP contribution in [0.25, 0.3) is 6.08 Å². The molecule has 1 atom stereocenters. The topological polar surface area (TPSA) is 71.8 Å². The number of fused-ring (bicyclic) bond motifs is 2. The normalized spacial score (nSPS) is 19.6. The third kappa shape index (κ3) is 3.89. The van der Waals surface area contributed by atoms with Crippen molar-refractivity contribution in [3.05, 3.63) is 54.0 Å². The average molecular weight is 366 g/mol. The highest BCUT2D eigenvalue weighted by molar-refractivity contribution is 6.04. The molecule has 1 N–H and O–H groups in total. The summed E-state index contributed by atoms with van der Waals surface area (Å²) >= 11 is 0. The van der Waals surface area contributed by atoms with Gasteiger partial charge in [-0.25, -0.2) is 0 Å². The van der Waals surface area contributed by atoms with Crippen molar-refractivity contribution < 1.29 is 18.7 Å². The molecule has 0 bridgehead atoms. The van der Waals surface area contributed by atoms with Crippen LogP contribution in [-0.2, 0) is 4.79 Å². The second kappa shape index (κ2) is 7.70. The van der Waals surface area contributed by atoms with Crippen molar-refractivity contribution in [3.63, 3.8) is 0 Å². The Labute approximate surface area is 157 Å². The van der Waals surface area contributed by atoms with E-state index in [0.717, 1.165) is 37.8 Å². The van der Waals surface area contributed by atoms with E-state index in [-0.39, 0.29) is 17.9 Å². The van der Waals surface area contributed by atoms with E-state index in [1.807, 2.05) is 4.90 Å². The lowest BCUT2D eigenvalue weighted by atomic mass is 9.97. The van der Waals surface area contributed by atoms with Crippen molar-refractivity contribution in [2.24, 2.45) is 0 Å². The molecule has 2 aliphatic heterocycles. The van der Waals surface area contributed by atoms with Crippen molar-refractivity contribution >= 4 is 23.6 Å². The first-order valence-corrected chi connectivity index (χ1v) is 9.30. The molecule has 1 saturated heterocycles. The number of ether oxygens (including phenoxy) is 1. The first-order valence-electron chi connectivity index (χ1n) is 9.30. The molecule has 0 spiro atoms. The molecule has 2 aromatic rings. The Kier molecular flexibility index (Phi) is 4.96. The first kappa shape index (κ1) is 17.4. The number of carbonyl (C=O) groups excluding carboxylic acids is 2. The van der Waals surface area contributed by atoms with Gasteiger partial charge in [0.1, 0.15) is 5.75 Å². The monoisotopic (exact) mass is 366 g/mol. The van der Waals surface area contributed by atoms with E-state index in [4.69, 9.17) is 9.15 Å². The van der Waals surface area contributed by atoms with E-state index in [2.05, 4.69) is 5.32 Å². The number of furan rings is 1. The number of amides is 2. The molecule has 27 heavy (non-hydrogen) atoms. The van der Waals surface area contributed by atoms with Gasteiger partial charge in [-0.2, -0.15) is 0 Å². The lowest BCUT2D eigenvalue weighted by Crippen LogP contribution is -2.45. The van der Waals surface area contributed by atoms with E-state index < -0.39 is 0 Å². The van der Waals surface area contributed by atoms with E-state index in [1.165, 1.54) is 6.08 Å². The van der Waals surface area contributed by atoms with Gasteiger partial charge in [0.05, 0.1) is 24.7 Å². The molecule has 6 heteroatoms. The van der Waals surface area contributed by atoms with Crippen LogP contribution < -0.4 is 10.1 Å². The summed E-state index contributed by atoms with van der Waals surface area (Å²) in [7, 11) is 0. The molecule has 140 valence electrons. The smallest absolute Gasteiger partial charge is 0.257 e. The van der Waals surface area contributed by atoms with Gasteiger partial charge in [-0.1, -0.05) is 0 Å². The second-order valence-corrected chi connectivity index (χ2v) is 6.88. The molecule has 0 saturated carbocycles. The molecule has 6 nitrogen and oxygen atoms in total. The lowest BCUT2D eigenvalue weighted by Gasteiger charge is -2.37. The zero-order valence-electron chi connectivity index (χ0n) is 15.0. The highest BCUT2D eigenvalue weighted by Gasteiger charge is 2.31. The van der Waals surface area contributed by atoms with Gasteiger partial charge < -0.3 is 19.4 Å². The molecule has 2 amide bonds. The molecular formula is C21H22N2O4. The number of piperidine rings is 1. The summed E-state index contributed by atoms with van der Waals surface area (Å²) in [5.74, 6) is 0.293. The van der Waals surface area contributed by atoms with E-state index in [9.17, 15) is 9.59 Å². The molecule has 1 aromatic heterocycles. The minimum atomic E-state index is -0.272. The highest BCUT2D eigenvalue weighted by Crippen LogP contribution is 2.30. The maximum absolute atomic E-state index is 13.1. The quantitative estimate of drug-likeness (QED) is 0.841. The number of hydrogen-bond acceptors (Lipinski definition) is 4. The summed E-state index contributed by atoms with van der Waals surface area (Å²) in [5.41, 5.74) is 1.89. The molecule has 1 unspecified atom stereocenters. The summed E-state index contributed by atoms with van der Waals surface area (Å²) in [5, 5.41) is 2.80. The van der Waals surface area contributed by atoms with Gasteiger partial charge in [0.25, 0.3) is 5.91 Å². The van der Waals surface area contributed by atoms with E-state index in [0.29, 0.717) is 23.6 Å². The molecular weight excluding hydrogens is 344 g/mol. The third-order valence-electron chi connectivity index (χ3n) is 5.04. The van der Waals surface area contributed by atoms with Crippen LogP contribution in [-0.4, -0.2) is 35.9 Å². The summed E-state index contributed by atoms with van der Waals surface area (Å²) < 4.78 is 10.8. The maximum Gasteiger partial charge on any atom is 0.257 e. The standard InChI is InChI=1S/C21H22N2O4/c24-20(7-4-15-8-11-26-14-15)22-16-5-6-19-18(13-16)21(25)23-10-2-1-3-17(23)9-12-27-19/h4-8,11,13-14,17H,1-3,9-10,12H2,(H,22,24)/b7-4+. The van der Waals surface area contributed by atoms with E-state index >= 15 is 0 Å². The molecule has 0 radical (unpaired) electrons. The van der Waals surface area contributed by atoms with Gasteiger partial charge in [-0.05, 0) is 49.6 Å². The summed E-state index contributed by atoms with van der Waals surface area (Å²) in [6.07, 6.45) is 10.3. The largest absolute Gasteiger partial charge is 0.493 e. The van der Waals surface area contributed by atoms with Gasteiger partial charge in [-0.3, -0.25) is 9.59 Å². The Morgan fingerprint density at radius 1 is 1.22 bits per heavy atom. The maximum atomic E-state index is 13.1. The number of nitrogens with zero attached hydrogens (tertiary/aromatic N) is 1. The number of hydrogen-bond donors (Lipinski definition) is 1. The Bertz CT molecular complexity index is 857. The Balaban J connectivity index is 1.53. The second-order valence-electron chi connectivity index (χ2n) is 6.88. The number of nitrogens with one attached hydrogen (secondary N) is 1. The van der Waals surface area contributed by atoms with Crippen molar-refractivity contribution in [2.45, 2.75) is 31.7 Å². The molecule has 1 aromatic carbocycles. The van der Waals surface area contributed by atoms with Crippen LogP contribution >= 0.6 is 0 Å². The first-order chi connectivity index (χ1) is 13.2. The molecule has 4 rings (SSSR count). The van der Waals surface area contributed by atoms with Crippen molar-refractivity contribution in [2.75, 3.05) is 18.5 Å². The predicted molar refractivity (Wildman–Crippen MR) is 102 cm³/mol. The summed E-state index contributed by atoms with van der Waals surface area (Å²) in [4.78, 5) is 27.2. The van der Waals surface area contributed by atoms with Crippen LogP contribution in [0.3, 0.4) is 0 Å². The van der Waals surface area contributed by atoms with E-state index in [1.54, 1.807) is 42.9 Å². The zero-order valence-corrected chi connectivity index (χ0v) is 15.0.